The smallest absolute Gasteiger partial charge is 0.138 e. The molecule has 1 N–H and O–H groups in total. The number of aromatic nitrogens is 2. The summed E-state index contributed by atoms with van der Waals surface area (Å²) in [6, 6.07) is 2.48. The van der Waals surface area contributed by atoms with Crippen LogP contribution in [0, 0.1) is 0 Å². The summed E-state index contributed by atoms with van der Waals surface area (Å²) in [7, 11) is 2.10. The summed E-state index contributed by atoms with van der Waals surface area (Å²) in [4.78, 5) is 11.6. The van der Waals surface area contributed by atoms with Crippen LogP contribution >= 0.6 is 11.8 Å². The molecule has 0 saturated carbocycles. The van der Waals surface area contributed by atoms with Gasteiger partial charge in [0.05, 0.1) is 0 Å². The summed E-state index contributed by atoms with van der Waals surface area (Å²) < 4.78 is 0. The number of hydrogen-bond donors (Lipinski definition) is 1. The SMILES string of the molecule is CCNc1cc(N(C)C(C)CSC)nc(C(C)(C)C)n1. The van der Waals surface area contributed by atoms with E-state index in [1.165, 1.54) is 0 Å². The van der Waals surface area contributed by atoms with Gasteiger partial charge in [-0.3, -0.25) is 0 Å². The first-order valence-corrected chi connectivity index (χ1v) is 8.54. The van der Waals surface area contributed by atoms with Crippen molar-refractivity contribution < 1.29 is 0 Å². The second kappa shape index (κ2) is 7.16. The largest absolute Gasteiger partial charge is 0.370 e. The molecule has 0 aliphatic carbocycles. The molecule has 0 aliphatic rings. The Kier molecular flexibility index (Phi) is 6.11. The molecular formula is C15H28N4S. The lowest BCUT2D eigenvalue weighted by atomic mass is 9.96. The number of rotatable bonds is 6. The fraction of sp³-hybridized carbons (Fsp3) is 0.733. The van der Waals surface area contributed by atoms with Crippen LogP contribution in [-0.4, -0.2) is 41.6 Å². The van der Waals surface area contributed by atoms with Gasteiger partial charge in [0.2, 0.25) is 0 Å². The molecule has 0 bridgehead atoms. The highest BCUT2D eigenvalue weighted by molar-refractivity contribution is 7.98. The topological polar surface area (TPSA) is 41.0 Å². The van der Waals surface area contributed by atoms with Gasteiger partial charge in [-0.2, -0.15) is 11.8 Å². The fourth-order valence-corrected chi connectivity index (χ4v) is 2.51. The molecule has 1 aromatic heterocycles. The minimum atomic E-state index is -0.0518. The molecule has 0 aliphatic heterocycles. The molecule has 0 fully saturated rings. The Bertz CT molecular complexity index is 428. The van der Waals surface area contributed by atoms with Gasteiger partial charge in [0, 0.05) is 36.9 Å². The first-order valence-electron chi connectivity index (χ1n) is 7.14. The highest BCUT2D eigenvalue weighted by Crippen LogP contribution is 2.24. The van der Waals surface area contributed by atoms with Crippen molar-refractivity contribution in [1.82, 2.24) is 9.97 Å². The third kappa shape index (κ3) is 4.54. The summed E-state index contributed by atoms with van der Waals surface area (Å²) in [5, 5.41) is 3.30. The van der Waals surface area contributed by atoms with Crippen LogP contribution in [0.25, 0.3) is 0 Å². The summed E-state index contributed by atoms with van der Waals surface area (Å²) in [5.41, 5.74) is -0.0518. The van der Waals surface area contributed by atoms with E-state index in [0.29, 0.717) is 6.04 Å². The van der Waals surface area contributed by atoms with Crippen molar-refractivity contribution in [1.29, 1.82) is 0 Å². The lowest BCUT2D eigenvalue weighted by Crippen LogP contribution is -2.32. The van der Waals surface area contributed by atoms with Gasteiger partial charge in [-0.05, 0) is 20.1 Å². The van der Waals surface area contributed by atoms with Crippen LogP contribution in [0.1, 0.15) is 40.4 Å². The number of hydrogen-bond acceptors (Lipinski definition) is 5. The second-order valence-electron chi connectivity index (χ2n) is 6.13. The Morgan fingerprint density at radius 2 is 2.00 bits per heavy atom. The maximum Gasteiger partial charge on any atom is 0.138 e. The molecule has 5 heteroatoms. The molecule has 0 spiro atoms. The van der Waals surface area contributed by atoms with Crippen LogP contribution in [0.3, 0.4) is 0 Å². The molecule has 0 radical (unpaired) electrons. The zero-order valence-corrected chi connectivity index (χ0v) is 14.6. The molecule has 0 aromatic carbocycles. The van der Waals surface area contributed by atoms with Crippen LogP contribution in [0.5, 0.6) is 0 Å². The van der Waals surface area contributed by atoms with Gasteiger partial charge in [0.25, 0.3) is 0 Å². The lowest BCUT2D eigenvalue weighted by molar-refractivity contribution is 0.544. The van der Waals surface area contributed by atoms with Crippen molar-refractivity contribution in [3.8, 4) is 0 Å². The van der Waals surface area contributed by atoms with Gasteiger partial charge in [0.1, 0.15) is 17.5 Å². The number of thioether (sulfide) groups is 1. The number of nitrogens with one attached hydrogen (secondary N) is 1. The zero-order valence-electron chi connectivity index (χ0n) is 13.8. The van der Waals surface area contributed by atoms with Crippen molar-refractivity contribution in [2.45, 2.75) is 46.1 Å². The molecule has 20 heavy (non-hydrogen) atoms. The molecule has 1 aromatic rings. The third-order valence-corrected chi connectivity index (χ3v) is 3.99. The van der Waals surface area contributed by atoms with E-state index in [9.17, 15) is 0 Å². The first kappa shape index (κ1) is 17.1. The van der Waals surface area contributed by atoms with Crippen molar-refractivity contribution in [3.63, 3.8) is 0 Å². The quantitative estimate of drug-likeness (QED) is 0.871. The Morgan fingerprint density at radius 1 is 1.35 bits per heavy atom. The molecule has 1 atom stereocenters. The maximum absolute atomic E-state index is 4.76. The lowest BCUT2D eigenvalue weighted by Gasteiger charge is -2.27. The predicted molar refractivity (Wildman–Crippen MR) is 91.1 cm³/mol. The maximum atomic E-state index is 4.76. The molecule has 114 valence electrons. The van der Waals surface area contributed by atoms with E-state index in [1.807, 2.05) is 17.8 Å². The van der Waals surface area contributed by atoms with Gasteiger partial charge in [-0.15, -0.1) is 0 Å². The Balaban J connectivity index is 3.14. The van der Waals surface area contributed by atoms with Crippen LogP contribution in [0.15, 0.2) is 6.07 Å². The van der Waals surface area contributed by atoms with Gasteiger partial charge < -0.3 is 10.2 Å². The molecular weight excluding hydrogens is 268 g/mol. The van der Waals surface area contributed by atoms with Gasteiger partial charge in [-0.25, -0.2) is 9.97 Å². The summed E-state index contributed by atoms with van der Waals surface area (Å²) in [6.07, 6.45) is 2.13. The number of anilines is 2. The number of nitrogens with zero attached hydrogens (tertiary/aromatic N) is 3. The Hall–Kier alpha value is -0.970. The van der Waals surface area contributed by atoms with Gasteiger partial charge in [0.15, 0.2) is 0 Å². The van der Waals surface area contributed by atoms with Gasteiger partial charge in [-0.1, -0.05) is 20.8 Å². The van der Waals surface area contributed by atoms with E-state index in [0.717, 1.165) is 29.8 Å². The van der Waals surface area contributed by atoms with Crippen LogP contribution in [0.2, 0.25) is 0 Å². The molecule has 0 amide bonds. The predicted octanol–water partition coefficient (Wildman–Crippen LogP) is 3.39. The van der Waals surface area contributed by atoms with Crippen molar-refractivity contribution in [3.05, 3.63) is 11.9 Å². The van der Waals surface area contributed by atoms with Crippen molar-refractivity contribution >= 4 is 23.4 Å². The summed E-state index contributed by atoms with van der Waals surface area (Å²) in [5.74, 6) is 3.87. The summed E-state index contributed by atoms with van der Waals surface area (Å²) in [6.45, 7) is 11.6. The molecule has 1 heterocycles. The van der Waals surface area contributed by atoms with Gasteiger partial charge >= 0.3 is 0 Å². The van der Waals surface area contributed by atoms with Crippen molar-refractivity contribution in [2.24, 2.45) is 0 Å². The Labute approximate surface area is 127 Å². The van der Waals surface area contributed by atoms with Crippen molar-refractivity contribution in [2.75, 3.05) is 35.8 Å². The zero-order chi connectivity index (χ0) is 15.3. The second-order valence-corrected chi connectivity index (χ2v) is 7.04. The molecule has 0 saturated heterocycles. The standard InChI is InChI=1S/C15H28N4S/c1-8-16-12-9-13(19(6)11(2)10-20-7)18-14(17-12)15(3,4)5/h9,11H,8,10H2,1-7H3,(H,16,17,18). The first-order chi connectivity index (χ1) is 9.29. The van der Waals surface area contributed by atoms with E-state index < -0.39 is 0 Å². The highest BCUT2D eigenvalue weighted by atomic mass is 32.2. The molecule has 4 nitrogen and oxygen atoms in total. The van der Waals surface area contributed by atoms with E-state index in [1.54, 1.807) is 0 Å². The molecule has 1 rings (SSSR count). The average Bonchev–Trinajstić information content (AvgIpc) is 2.37. The average molecular weight is 296 g/mol. The highest BCUT2D eigenvalue weighted by Gasteiger charge is 2.21. The minimum absolute atomic E-state index is 0.0518. The normalized spacial score (nSPS) is 13.2. The fourth-order valence-electron chi connectivity index (χ4n) is 1.80. The minimum Gasteiger partial charge on any atom is -0.370 e. The van der Waals surface area contributed by atoms with Crippen LogP contribution in [0.4, 0.5) is 11.6 Å². The van der Waals surface area contributed by atoms with E-state index in [2.05, 4.69) is 63.1 Å². The summed E-state index contributed by atoms with van der Waals surface area (Å²) >= 11 is 1.86. The molecule has 1 unspecified atom stereocenters. The Morgan fingerprint density at radius 3 is 2.50 bits per heavy atom. The third-order valence-electron chi connectivity index (χ3n) is 3.17. The van der Waals surface area contributed by atoms with E-state index in [4.69, 9.17) is 4.98 Å². The van der Waals surface area contributed by atoms with E-state index in [-0.39, 0.29) is 5.41 Å². The van der Waals surface area contributed by atoms with E-state index >= 15 is 0 Å². The van der Waals surface area contributed by atoms with Crippen LogP contribution in [-0.2, 0) is 5.41 Å². The van der Waals surface area contributed by atoms with Crippen LogP contribution < -0.4 is 10.2 Å². The monoisotopic (exact) mass is 296 g/mol.